The van der Waals surface area contributed by atoms with Crippen molar-refractivity contribution < 1.29 is 9.53 Å². The van der Waals surface area contributed by atoms with Crippen LogP contribution in [0.4, 0.5) is 0 Å². The van der Waals surface area contributed by atoms with Gasteiger partial charge in [0.1, 0.15) is 0 Å². The highest BCUT2D eigenvalue weighted by Crippen LogP contribution is 2.29. The van der Waals surface area contributed by atoms with Gasteiger partial charge >= 0.3 is 5.97 Å². The molecule has 0 bridgehead atoms. The molecular formula is C12H21NO2. The van der Waals surface area contributed by atoms with Gasteiger partial charge in [-0.2, -0.15) is 0 Å². The van der Waals surface area contributed by atoms with E-state index in [9.17, 15) is 4.79 Å². The number of carbonyl (C=O) groups excluding carboxylic acids is 1. The average molecular weight is 211 g/mol. The Labute approximate surface area is 91.8 Å². The van der Waals surface area contributed by atoms with Crippen LogP contribution in [-0.4, -0.2) is 36.6 Å². The number of fused-ring (bicyclic) bond motifs is 1. The zero-order valence-corrected chi connectivity index (χ0v) is 9.58. The molecule has 0 unspecified atom stereocenters. The van der Waals surface area contributed by atoms with Gasteiger partial charge in [-0.15, -0.1) is 0 Å². The Balaban J connectivity index is 1.87. The highest BCUT2D eigenvalue weighted by Gasteiger charge is 2.33. The van der Waals surface area contributed by atoms with Gasteiger partial charge in [0, 0.05) is 12.6 Å². The normalized spacial score (nSPS) is 32.1. The monoisotopic (exact) mass is 211 g/mol. The van der Waals surface area contributed by atoms with Crippen LogP contribution in [0.3, 0.4) is 0 Å². The van der Waals surface area contributed by atoms with Crippen LogP contribution in [0.2, 0.25) is 0 Å². The van der Waals surface area contributed by atoms with Gasteiger partial charge in [0.25, 0.3) is 0 Å². The van der Waals surface area contributed by atoms with Gasteiger partial charge in [-0.3, -0.25) is 9.69 Å². The molecule has 2 rings (SSSR count). The second-order valence-electron chi connectivity index (χ2n) is 4.67. The molecule has 0 spiro atoms. The lowest BCUT2D eigenvalue weighted by atomic mass is 9.87. The lowest BCUT2D eigenvalue weighted by molar-refractivity contribution is -0.150. The Morgan fingerprint density at radius 1 is 1.33 bits per heavy atom. The highest BCUT2D eigenvalue weighted by molar-refractivity contribution is 5.72. The number of esters is 1. The van der Waals surface area contributed by atoms with E-state index in [1.165, 1.54) is 32.2 Å². The van der Waals surface area contributed by atoms with Gasteiger partial charge in [0.15, 0.2) is 0 Å². The molecule has 0 saturated carbocycles. The molecule has 0 aromatic rings. The van der Waals surface area contributed by atoms with Crippen LogP contribution in [0.15, 0.2) is 0 Å². The minimum Gasteiger partial charge on any atom is -0.466 e. The number of carbonyl (C=O) groups is 1. The minimum absolute atomic E-state index is 0.0153. The molecule has 0 aromatic carbocycles. The van der Waals surface area contributed by atoms with Crippen LogP contribution in [0.5, 0.6) is 0 Å². The minimum atomic E-state index is 0.0153. The van der Waals surface area contributed by atoms with E-state index in [-0.39, 0.29) is 11.9 Å². The number of hydrogen-bond donors (Lipinski definition) is 0. The average Bonchev–Trinajstić information content (AvgIpc) is 2.29. The van der Waals surface area contributed by atoms with E-state index in [0.717, 1.165) is 19.0 Å². The van der Waals surface area contributed by atoms with E-state index in [2.05, 4.69) is 4.90 Å². The molecule has 0 aliphatic carbocycles. The molecule has 3 heteroatoms. The molecule has 3 nitrogen and oxygen atoms in total. The first-order valence-electron chi connectivity index (χ1n) is 6.22. The third kappa shape index (κ3) is 2.51. The van der Waals surface area contributed by atoms with Crippen LogP contribution in [0.25, 0.3) is 0 Å². The molecule has 15 heavy (non-hydrogen) atoms. The summed E-state index contributed by atoms with van der Waals surface area (Å²) in [7, 11) is 0. The Morgan fingerprint density at radius 2 is 2.20 bits per heavy atom. The van der Waals surface area contributed by atoms with Crippen molar-refractivity contribution in [1.82, 2.24) is 4.90 Å². The molecule has 2 heterocycles. The summed E-state index contributed by atoms with van der Waals surface area (Å²) in [5, 5.41) is 0. The van der Waals surface area contributed by atoms with Crippen molar-refractivity contribution in [2.24, 2.45) is 5.92 Å². The molecule has 2 fully saturated rings. The summed E-state index contributed by atoms with van der Waals surface area (Å²) in [5.41, 5.74) is 0. The zero-order valence-electron chi connectivity index (χ0n) is 9.58. The third-order valence-electron chi connectivity index (χ3n) is 3.67. The van der Waals surface area contributed by atoms with E-state index in [0.29, 0.717) is 6.61 Å². The summed E-state index contributed by atoms with van der Waals surface area (Å²) in [6, 6.07) is 0.754. The van der Waals surface area contributed by atoms with Crippen molar-refractivity contribution >= 4 is 5.97 Å². The van der Waals surface area contributed by atoms with Crippen LogP contribution in [0, 0.1) is 5.92 Å². The predicted octanol–water partition coefficient (Wildman–Crippen LogP) is 1.81. The second kappa shape index (κ2) is 4.97. The molecule has 0 amide bonds. The maximum Gasteiger partial charge on any atom is 0.310 e. The SMILES string of the molecule is CCOC(=O)[C@@H]1CC[C@H]2CCCCN2C1. The number of nitrogens with zero attached hydrogens (tertiary/aromatic N) is 1. The number of piperidine rings is 2. The Kier molecular flexibility index (Phi) is 3.62. The Bertz CT molecular complexity index is 230. The molecule has 86 valence electrons. The molecular weight excluding hydrogens is 190 g/mol. The lowest BCUT2D eigenvalue weighted by Crippen LogP contribution is -2.48. The Hall–Kier alpha value is -0.570. The highest BCUT2D eigenvalue weighted by atomic mass is 16.5. The summed E-state index contributed by atoms with van der Waals surface area (Å²) >= 11 is 0. The predicted molar refractivity (Wildman–Crippen MR) is 58.6 cm³/mol. The zero-order chi connectivity index (χ0) is 10.7. The van der Waals surface area contributed by atoms with Crippen LogP contribution >= 0.6 is 0 Å². The third-order valence-corrected chi connectivity index (χ3v) is 3.67. The largest absolute Gasteiger partial charge is 0.466 e. The first kappa shape index (κ1) is 10.9. The maximum atomic E-state index is 11.6. The number of ether oxygens (including phenoxy) is 1. The topological polar surface area (TPSA) is 29.5 Å². The van der Waals surface area contributed by atoms with E-state index in [4.69, 9.17) is 4.74 Å². The molecule has 0 aromatic heterocycles. The van der Waals surface area contributed by atoms with Crippen molar-refractivity contribution in [3.05, 3.63) is 0 Å². The van der Waals surface area contributed by atoms with Crippen LogP contribution < -0.4 is 0 Å². The van der Waals surface area contributed by atoms with Gasteiger partial charge in [-0.1, -0.05) is 6.42 Å². The molecule has 0 N–H and O–H groups in total. The van der Waals surface area contributed by atoms with E-state index < -0.39 is 0 Å². The van der Waals surface area contributed by atoms with Gasteiger partial charge in [-0.05, 0) is 39.2 Å². The standard InChI is InChI=1S/C12H21NO2/c1-2-15-12(14)10-6-7-11-5-3-4-8-13(11)9-10/h10-11H,2-9H2,1H3/t10-,11-/m1/s1. The molecule has 2 aliphatic rings. The molecule has 2 aliphatic heterocycles. The molecule has 2 atom stereocenters. The first-order valence-corrected chi connectivity index (χ1v) is 6.22. The Morgan fingerprint density at radius 3 is 3.00 bits per heavy atom. The fourth-order valence-electron chi connectivity index (χ4n) is 2.85. The van der Waals surface area contributed by atoms with Crippen LogP contribution in [0.1, 0.15) is 39.0 Å². The van der Waals surface area contributed by atoms with Crippen molar-refractivity contribution in [1.29, 1.82) is 0 Å². The summed E-state index contributed by atoms with van der Waals surface area (Å²) in [6.07, 6.45) is 6.20. The quantitative estimate of drug-likeness (QED) is 0.652. The summed E-state index contributed by atoms with van der Waals surface area (Å²) < 4.78 is 5.10. The number of rotatable bonds is 2. The van der Waals surface area contributed by atoms with Gasteiger partial charge in [-0.25, -0.2) is 0 Å². The van der Waals surface area contributed by atoms with Gasteiger partial charge in [0.05, 0.1) is 12.5 Å². The molecule has 2 saturated heterocycles. The van der Waals surface area contributed by atoms with Crippen molar-refractivity contribution in [3.63, 3.8) is 0 Å². The van der Waals surface area contributed by atoms with Crippen molar-refractivity contribution in [2.45, 2.75) is 45.1 Å². The second-order valence-corrected chi connectivity index (χ2v) is 4.67. The summed E-state index contributed by atoms with van der Waals surface area (Å²) in [6.45, 7) is 4.51. The summed E-state index contributed by atoms with van der Waals surface area (Å²) in [5.74, 6) is 0.154. The van der Waals surface area contributed by atoms with Crippen molar-refractivity contribution in [2.75, 3.05) is 19.7 Å². The fraction of sp³-hybridized carbons (Fsp3) is 0.917. The van der Waals surface area contributed by atoms with Gasteiger partial charge < -0.3 is 4.74 Å². The number of hydrogen-bond acceptors (Lipinski definition) is 3. The lowest BCUT2D eigenvalue weighted by Gasteiger charge is -2.41. The maximum absolute atomic E-state index is 11.6. The van der Waals surface area contributed by atoms with E-state index in [1.807, 2.05) is 6.92 Å². The van der Waals surface area contributed by atoms with E-state index in [1.54, 1.807) is 0 Å². The first-order chi connectivity index (χ1) is 7.31. The van der Waals surface area contributed by atoms with Crippen LogP contribution in [-0.2, 0) is 9.53 Å². The smallest absolute Gasteiger partial charge is 0.310 e. The molecule has 0 radical (unpaired) electrons. The van der Waals surface area contributed by atoms with E-state index >= 15 is 0 Å². The van der Waals surface area contributed by atoms with Gasteiger partial charge in [0.2, 0.25) is 0 Å². The fourth-order valence-corrected chi connectivity index (χ4v) is 2.85. The summed E-state index contributed by atoms with van der Waals surface area (Å²) in [4.78, 5) is 14.1. The van der Waals surface area contributed by atoms with Crippen molar-refractivity contribution in [3.8, 4) is 0 Å².